The van der Waals surface area contributed by atoms with Crippen molar-refractivity contribution in [1.29, 1.82) is 0 Å². The predicted molar refractivity (Wildman–Crippen MR) is 93.2 cm³/mol. The molecular weight excluding hydrogens is 334 g/mol. The summed E-state index contributed by atoms with van der Waals surface area (Å²) in [5.74, 6) is 1.32. The average molecular weight is 355 g/mol. The summed E-state index contributed by atoms with van der Waals surface area (Å²) >= 11 is 0. The molecule has 1 aromatic carbocycles. The maximum Gasteiger partial charge on any atom is 0.228 e. The van der Waals surface area contributed by atoms with Crippen molar-refractivity contribution in [1.82, 2.24) is 25.1 Å². The molecular formula is C18H21N5O3. The van der Waals surface area contributed by atoms with E-state index in [0.29, 0.717) is 36.1 Å². The number of para-hydroxylation sites is 1. The molecule has 1 amide bonds. The molecule has 26 heavy (non-hydrogen) atoms. The molecule has 3 aromatic rings. The van der Waals surface area contributed by atoms with Crippen LogP contribution >= 0.6 is 0 Å². The first-order valence-electron chi connectivity index (χ1n) is 8.70. The van der Waals surface area contributed by atoms with Gasteiger partial charge in [-0.25, -0.2) is 0 Å². The predicted octanol–water partition coefficient (Wildman–Crippen LogP) is 1.79. The lowest BCUT2D eigenvalue weighted by Gasteiger charge is -2.23. The number of carbonyl (C=O) groups is 1. The van der Waals surface area contributed by atoms with Gasteiger partial charge in [0.05, 0.1) is 13.0 Å². The number of nitrogens with zero attached hydrogens (tertiary/aromatic N) is 5. The molecule has 0 aliphatic carbocycles. The van der Waals surface area contributed by atoms with Crippen molar-refractivity contribution in [2.24, 2.45) is 0 Å². The van der Waals surface area contributed by atoms with Gasteiger partial charge in [-0.05, 0) is 25.6 Å². The summed E-state index contributed by atoms with van der Waals surface area (Å²) in [7, 11) is 2.02. The van der Waals surface area contributed by atoms with Crippen LogP contribution in [0.4, 0.5) is 0 Å². The summed E-state index contributed by atoms with van der Waals surface area (Å²) in [4.78, 5) is 21.0. The van der Waals surface area contributed by atoms with Gasteiger partial charge in [0.2, 0.25) is 11.8 Å². The molecule has 1 aliphatic rings. The Morgan fingerprint density at radius 1 is 1.31 bits per heavy atom. The van der Waals surface area contributed by atoms with Gasteiger partial charge in [0.25, 0.3) is 0 Å². The Balaban J connectivity index is 1.36. The maximum absolute atomic E-state index is 12.7. The number of fused-ring (bicyclic) bond motifs is 1. The fraction of sp³-hybridized carbons (Fsp3) is 0.444. The number of carbonyl (C=O) groups excluding carboxylic acids is 1. The minimum absolute atomic E-state index is 0.0790. The Kier molecular flexibility index (Phi) is 4.42. The summed E-state index contributed by atoms with van der Waals surface area (Å²) < 4.78 is 10.3. The molecule has 0 spiro atoms. The van der Waals surface area contributed by atoms with E-state index in [9.17, 15) is 4.79 Å². The van der Waals surface area contributed by atoms with Crippen LogP contribution in [0.15, 0.2) is 33.3 Å². The molecule has 1 fully saturated rings. The molecule has 1 saturated heterocycles. The van der Waals surface area contributed by atoms with Gasteiger partial charge in [-0.2, -0.15) is 4.98 Å². The molecule has 0 N–H and O–H groups in total. The first-order valence-corrected chi connectivity index (χ1v) is 8.70. The van der Waals surface area contributed by atoms with Crippen LogP contribution in [-0.4, -0.2) is 57.2 Å². The monoisotopic (exact) mass is 355 g/mol. The lowest BCUT2D eigenvalue weighted by molar-refractivity contribution is -0.129. The zero-order valence-corrected chi connectivity index (χ0v) is 14.9. The second kappa shape index (κ2) is 6.87. The van der Waals surface area contributed by atoms with Crippen LogP contribution in [0, 0.1) is 6.92 Å². The minimum Gasteiger partial charge on any atom is -0.356 e. The van der Waals surface area contributed by atoms with Crippen molar-refractivity contribution < 1.29 is 13.8 Å². The zero-order valence-electron chi connectivity index (χ0n) is 14.9. The van der Waals surface area contributed by atoms with Crippen LogP contribution in [0.2, 0.25) is 0 Å². The van der Waals surface area contributed by atoms with E-state index >= 15 is 0 Å². The van der Waals surface area contributed by atoms with Crippen LogP contribution in [-0.2, 0) is 17.8 Å². The molecule has 0 radical (unpaired) electrons. The summed E-state index contributed by atoms with van der Waals surface area (Å²) in [6.45, 7) is 3.83. The van der Waals surface area contributed by atoms with Gasteiger partial charge < -0.3 is 13.9 Å². The highest BCUT2D eigenvalue weighted by molar-refractivity contribution is 5.86. The lowest BCUT2D eigenvalue weighted by atomic mass is 10.1. The summed E-state index contributed by atoms with van der Waals surface area (Å²) in [6, 6.07) is 7.89. The van der Waals surface area contributed by atoms with Crippen molar-refractivity contribution in [2.45, 2.75) is 32.4 Å². The topological polar surface area (TPSA) is 88.5 Å². The number of benzene rings is 1. The van der Waals surface area contributed by atoms with E-state index < -0.39 is 0 Å². The normalized spacial score (nSPS) is 17.5. The number of aryl methyl sites for hydroxylation is 1. The molecule has 136 valence electrons. The van der Waals surface area contributed by atoms with Gasteiger partial charge in [-0.3, -0.25) is 9.69 Å². The zero-order chi connectivity index (χ0) is 18.1. The van der Waals surface area contributed by atoms with Gasteiger partial charge >= 0.3 is 0 Å². The molecule has 0 bridgehead atoms. The number of aromatic nitrogens is 3. The van der Waals surface area contributed by atoms with E-state index in [2.05, 4.69) is 20.2 Å². The molecule has 4 rings (SSSR count). The summed E-state index contributed by atoms with van der Waals surface area (Å²) in [5.41, 5.74) is 1.41. The highest BCUT2D eigenvalue weighted by Gasteiger charge is 2.30. The Labute approximate surface area is 150 Å². The second-order valence-corrected chi connectivity index (χ2v) is 6.73. The highest BCUT2D eigenvalue weighted by Crippen LogP contribution is 2.21. The average Bonchev–Trinajstić information content (AvgIpc) is 3.35. The molecule has 8 nitrogen and oxygen atoms in total. The van der Waals surface area contributed by atoms with E-state index in [-0.39, 0.29) is 18.4 Å². The van der Waals surface area contributed by atoms with Crippen molar-refractivity contribution in [3.8, 4) is 0 Å². The van der Waals surface area contributed by atoms with Gasteiger partial charge in [-0.15, -0.1) is 0 Å². The second-order valence-electron chi connectivity index (χ2n) is 6.73. The fourth-order valence-electron chi connectivity index (χ4n) is 3.41. The molecule has 1 atom stereocenters. The van der Waals surface area contributed by atoms with Crippen molar-refractivity contribution >= 4 is 16.9 Å². The Bertz CT molecular complexity index is 918. The third-order valence-electron chi connectivity index (χ3n) is 4.87. The first-order chi connectivity index (χ1) is 12.6. The molecule has 1 unspecified atom stereocenters. The van der Waals surface area contributed by atoms with E-state index in [1.165, 1.54) is 0 Å². The highest BCUT2D eigenvalue weighted by atomic mass is 16.5. The smallest absolute Gasteiger partial charge is 0.228 e. The largest absolute Gasteiger partial charge is 0.356 e. The number of hydrogen-bond acceptors (Lipinski definition) is 7. The maximum atomic E-state index is 12.7. The Morgan fingerprint density at radius 2 is 2.15 bits per heavy atom. The van der Waals surface area contributed by atoms with Crippen LogP contribution in [0.1, 0.15) is 23.8 Å². The lowest BCUT2D eigenvalue weighted by Crippen LogP contribution is -2.37. The Hall–Kier alpha value is -2.74. The molecule has 0 saturated carbocycles. The molecule has 3 heterocycles. The van der Waals surface area contributed by atoms with E-state index in [1.807, 2.05) is 36.2 Å². The van der Waals surface area contributed by atoms with Crippen molar-refractivity contribution in [3.05, 3.63) is 41.7 Å². The number of likely N-dealkylation sites (N-methyl/N-ethyl adjacent to an activating group) is 1. The van der Waals surface area contributed by atoms with Gasteiger partial charge in [-0.1, -0.05) is 22.4 Å². The third kappa shape index (κ3) is 3.32. The van der Waals surface area contributed by atoms with E-state index in [0.717, 1.165) is 18.4 Å². The summed E-state index contributed by atoms with van der Waals surface area (Å²) in [6.07, 6.45) is 1.19. The van der Waals surface area contributed by atoms with E-state index in [1.54, 1.807) is 6.92 Å². The number of hydrogen-bond donors (Lipinski definition) is 0. The van der Waals surface area contributed by atoms with Gasteiger partial charge in [0, 0.05) is 31.4 Å². The van der Waals surface area contributed by atoms with Crippen LogP contribution in [0.3, 0.4) is 0 Å². The SMILES string of the molecule is Cc1nc(CN(C)C2CCN(C(=O)Cc3noc4ccccc34)C2)no1. The molecule has 8 heteroatoms. The fourth-order valence-corrected chi connectivity index (χ4v) is 3.41. The van der Waals surface area contributed by atoms with Gasteiger partial charge in [0.15, 0.2) is 11.4 Å². The van der Waals surface area contributed by atoms with Crippen molar-refractivity contribution in [3.63, 3.8) is 0 Å². The van der Waals surface area contributed by atoms with Crippen LogP contribution in [0.5, 0.6) is 0 Å². The standard InChI is InChI=1S/C18H21N5O3/c1-12-19-17(21-25-12)11-22(2)13-7-8-23(10-13)18(24)9-15-14-5-3-4-6-16(14)26-20-15/h3-6,13H,7-11H2,1-2H3. The molecule has 2 aromatic heterocycles. The first kappa shape index (κ1) is 16.7. The van der Waals surface area contributed by atoms with Crippen LogP contribution < -0.4 is 0 Å². The number of likely N-dealkylation sites (tertiary alicyclic amines) is 1. The Morgan fingerprint density at radius 3 is 2.96 bits per heavy atom. The number of rotatable bonds is 5. The van der Waals surface area contributed by atoms with Crippen LogP contribution in [0.25, 0.3) is 11.0 Å². The van der Waals surface area contributed by atoms with Crippen molar-refractivity contribution in [2.75, 3.05) is 20.1 Å². The molecule has 1 aliphatic heterocycles. The third-order valence-corrected chi connectivity index (χ3v) is 4.87. The quantitative estimate of drug-likeness (QED) is 0.689. The van der Waals surface area contributed by atoms with Gasteiger partial charge in [0.1, 0.15) is 5.69 Å². The number of amides is 1. The van der Waals surface area contributed by atoms with E-state index in [4.69, 9.17) is 9.05 Å². The summed E-state index contributed by atoms with van der Waals surface area (Å²) in [5, 5.41) is 8.90. The minimum atomic E-state index is 0.0790.